The number of carbonyl (C=O) groups is 6. The van der Waals surface area contributed by atoms with Crippen molar-refractivity contribution in [2.45, 2.75) is 57.0 Å². The number of carboxylic acids is 1. The third-order valence-electron chi connectivity index (χ3n) is 7.75. The Hall–Kier alpha value is -3.76. The number of piperidine rings is 1. The summed E-state index contributed by atoms with van der Waals surface area (Å²) >= 11 is 0. The Morgan fingerprint density at radius 3 is 2.36 bits per heavy atom. The van der Waals surface area contributed by atoms with Crippen LogP contribution in [0.2, 0.25) is 0 Å². The van der Waals surface area contributed by atoms with E-state index in [0.717, 1.165) is 4.90 Å². The number of benzene rings is 1. The van der Waals surface area contributed by atoms with Gasteiger partial charge in [0, 0.05) is 37.2 Å². The highest BCUT2D eigenvalue weighted by Crippen LogP contribution is 2.35. The van der Waals surface area contributed by atoms with E-state index in [9.17, 15) is 33.9 Å². The Morgan fingerprint density at radius 1 is 0.944 bits per heavy atom. The van der Waals surface area contributed by atoms with E-state index in [2.05, 4.69) is 10.6 Å². The first-order chi connectivity index (χ1) is 17.2. The molecule has 0 bridgehead atoms. The molecule has 2 saturated heterocycles. The molecule has 1 aromatic carbocycles. The number of imide groups is 2. The van der Waals surface area contributed by atoms with Crippen LogP contribution in [0.5, 0.6) is 0 Å². The predicted molar refractivity (Wildman–Crippen MR) is 125 cm³/mol. The van der Waals surface area contributed by atoms with Gasteiger partial charge in [-0.1, -0.05) is 6.07 Å². The zero-order valence-corrected chi connectivity index (χ0v) is 19.7. The van der Waals surface area contributed by atoms with Crippen LogP contribution < -0.4 is 10.6 Å². The summed E-state index contributed by atoms with van der Waals surface area (Å²) in [5, 5.41) is 14.8. The van der Waals surface area contributed by atoms with Crippen LogP contribution in [0.25, 0.3) is 0 Å². The molecular formula is C25H28N4O7. The zero-order chi connectivity index (χ0) is 25.6. The fourth-order valence-corrected chi connectivity index (χ4v) is 5.76. The van der Waals surface area contributed by atoms with Gasteiger partial charge in [0.1, 0.15) is 6.04 Å². The van der Waals surface area contributed by atoms with Gasteiger partial charge in [0.05, 0.1) is 17.0 Å². The maximum Gasteiger partial charge on any atom is 0.308 e. The number of likely N-dealkylation sites (tertiary alicyclic amines) is 1. The molecule has 1 aliphatic carbocycles. The maximum atomic E-state index is 13.3. The van der Waals surface area contributed by atoms with Crippen molar-refractivity contribution in [1.29, 1.82) is 0 Å². The van der Waals surface area contributed by atoms with E-state index in [4.69, 9.17) is 0 Å². The van der Waals surface area contributed by atoms with Crippen molar-refractivity contribution in [1.82, 2.24) is 15.1 Å². The van der Waals surface area contributed by atoms with Gasteiger partial charge in [0.25, 0.3) is 11.8 Å². The molecule has 190 valence electrons. The molecule has 1 aromatic rings. The molecule has 0 aromatic heterocycles. The van der Waals surface area contributed by atoms with E-state index < -0.39 is 41.6 Å². The first-order valence-corrected chi connectivity index (χ1v) is 12.4. The normalized spacial score (nSPS) is 28.2. The molecule has 3 aliphatic heterocycles. The van der Waals surface area contributed by atoms with E-state index >= 15 is 0 Å². The van der Waals surface area contributed by atoms with Gasteiger partial charge in [0.2, 0.25) is 17.7 Å². The minimum atomic E-state index is -1.02. The molecule has 3 fully saturated rings. The lowest BCUT2D eigenvalue weighted by Crippen LogP contribution is -2.54. The van der Waals surface area contributed by atoms with Crippen molar-refractivity contribution < 1.29 is 33.9 Å². The standard InChI is InChI=1S/C25H28N4O7/c30-19-9-8-18(21(31)27-19)29-23(33)16-2-1-3-17(20(16)24(29)34)26-15-6-4-13(5-7-15)22(32)28-11-10-14(12-28)25(35)36/h1-3,13-15,18,26H,4-12H2,(H,35,36)(H,27,30,31)/t13-,14?,15+,18-/m1/s1. The van der Waals surface area contributed by atoms with Crippen LogP contribution >= 0.6 is 0 Å². The highest BCUT2D eigenvalue weighted by Gasteiger charge is 2.46. The predicted octanol–water partition coefficient (Wildman–Crippen LogP) is 0.992. The van der Waals surface area contributed by atoms with Crippen LogP contribution in [0, 0.1) is 11.8 Å². The number of rotatable bonds is 5. The molecule has 0 radical (unpaired) electrons. The number of amides is 5. The van der Waals surface area contributed by atoms with Gasteiger partial charge in [-0.25, -0.2) is 0 Å². The Morgan fingerprint density at radius 2 is 1.69 bits per heavy atom. The number of nitrogens with one attached hydrogen (secondary N) is 2. The quantitative estimate of drug-likeness (QED) is 0.510. The number of carbonyl (C=O) groups excluding carboxylic acids is 5. The third kappa shape index (κ3) is 4.22. The van der Waals surface area contributed by atoms with E-state index in [1.165, 1.54) is 0 Å². The molecule has 3 N–H and O–H groups in total. The maximum absolute atomic E-state index is 13.3. The summed E-state index contributed by atoms with van der Waals surface area (Å²) in [5.41, 5.74) is 0.960. The summed E-state index contributed by atoms with van der Waals surface area (Å²) in [6.07, 6.45) is 3.32. The van der Waals surface area contributed by atoms with E-state index in [0.29, 0.717) is 44.3 Å². The highest BCUT2D eigenvalue weighted by molar-refractivity contribution is 6.25. The number of aliphatic carboxylic acids is 1. The molecule has 1 saturated carbocycles. The second-order valence-corrected chi connectivity index (χ2v) is 9.98. The van der Waals surface area contributed by atoms with Gasteiger partial charge >= 0.3 is 5.97 Å². The summed E-state index contributed by atoms with van der Waals surface area (Å²) < 4.78 is 0. The number of fused-ring (bicyclic) bond motifs is 1. The van der Waals surface area contributed by atoms with Crippen molar-refractivity contribution in [2.24, 2.45) is 11.8 Å². The van der Waals surface area contributed by atoms with Crippen LogP contribution in [-0.4, -0.2) is 75.6 Å². The summed E-state index contributed by atoms with van der Waals surface area (Å²) in [6.45, 7) is 0.742. The van der Waals surface area contributed by atoms with Gasteiger partial charge in [-0.05, 0) is 50.7 Å². The van der Waals surface area contributed by atoms with E-state index in [1.807, 2.05) is 0 Å². The molecule has 11 nitrogen and oxygen atoms in total. The van der Waals surface area contributed by atoms with Crippen LogP contribution in [-0.2, 0) is 19.2 Å². The van der Waals surface area contributed by atoms with Crippen molar-refractivity contribution in [3.63, 3.8) is 0 Å². The van der Waals surface area contributed by atoms with Crippen LogP contribution in [0.3, 0.4) is 0 Å². The van der Waals surface area contributed by atoms with Gasteiger partial charge < -0.3 is 15.3 Å². The molecule has 2 atom stereocenters. The summed E-state index contributed by atoms with van der Waals surface area (Å²) in [7, 11) is 0. The highest BCUT2D eigenvalue weighted by atomic mass is 16.4. The minimum Gasteiger partial charge on any atom is -0.481 e. The average molecular weight is 497 g/mol. The lowest BCUT2D eigenvalue weighted by atomic mass is 9.85. The fourth-order valence-electron chi connectivity index (χ4n) is 5.76. The van der Waals surface area contributed by atoms with E-state index in [-0.39, 0.29) is 48.4 Å². The number of nitrogens with zero attached hydrogens (tertiary/aromatic N) is 2. The summed E-state index contributed by atoms with van der Waals surface area (Å²) in [6, 6.07) is 3.95. The number of anilines is 1. The van der Waals surface area contributed by atoms with E-state index in [1.54, 1.807) is 23.1 Å². The first-order valence-electron chi connectivity index (χ1n) is 12.4. The molecule has 1 unspecified atom stereocenters. The Labute approximate surface area is 207 Å². The Bertz CT molecular complexity index is 1160. The van der Waals surface area contributed by atoms with Gasteiger partial charge in [0.15, 0.2) is 0 Å². The largest absolute Gasteiger partial charge is 0.481 e. The molecular weight excluding hydrogens is 468 g/mol. The average Bonchev–Trinajstić information content (AvgIpc) is 3.44. The molecule has 4 aliphatic rings. The fraction of sp³-hybridized carbons (Fsp3) is 0.520. The van der Waals surface area contributed by atoms with Crippen molar-refractivity contribution in [2.75, 3.05) is 18.4 Å². The smallest absolute Gasteiger partial charge is 0.308 e. The first kappa shape index (κ1) is 24.0. The number of carboxylic acid groups (broad SMARTS) is 1. The Kier molecular flexibility index (Phi) is 6.23. The molecule has 36 heavy (non-hydrogen) atoms. The van der Waals surface area contributed by atoms with Crippen LogP contribution in [0.4, 0.5) is 5.69 Å². The van der Waals surface area contributed by atoms with Crippen molar-refractivity contribution in [3.05, 3.63) is 29.3 Å². The second kappa shape index (κ2) is 9.36. The zero-order valence-electron chi connectivity index (χ0n) is 19.7. The molecule has 0 spiro atoms. The topological polar surface area (TPSA) is 153 Å². The molecule has 3 heterocycles. The number of hydrogen-bond donors (Lipinski definition) is 3. The third-order valence-corrected chi connectivity index (χ3v) is 7.75. The summed E-state index contributed by atoms with van der Waals surface area (Å²) in [5.74, 6) is -3.67. The van der Waals surface area contributed by atoms with Crippen molar-refractivity contribution >= 4 is 41.2 Å². The minimum absolute atomic E-state index is 0.00144. The number of hydrogen-bond acceptors (Lipinski definition) is 7. The van der Waals surface area contributed by atoms with Crippen LogP contribution in [0.15, 0.2) is 18.2 Å². The molecule has 5 amide bonds. The lowest BCUT2D eigenvalue weighted by Gasteiger charge is -2.31. The van der Waals surface area contributed by atoms with Crippen LogP contribution in [0.1, 0.15) is 65.7 Å². The molecule has 11 heteroatoms. The monoisotopic (exact) mass is 496 g/mol. The van der Waals surface area contributed by atoms with Crippen molar-refractivity contribution in [3.8, 4) is 0 Å². The summed E-state index contributed by atoms with van der Waals surface area (Å²) in [4.78, 5) is 76.8. The Balaban J connectivity index is 1.23. The lowest BCUT2D eigenvalue weighted by molar-refractivity contribution is -0.142. The van der Waals surface area contributed by atoms with Gasteiger partial charge in [-0.15, -0.1) is 0 Å². The second-order valence-electron chi connectivity index (χ2n) is 9.98. The molecule has 5 rings (SSSR count). The SMILES string of the molecule is O=C1CC[C@@H](N2C(=O)c3cccc(N[C@H]4CC[C@@H](C(=O)N5CCC(C(=O)O)C5)CC4)c3C2=O)C(=O)N1. The van der Waals surface area contributed by atoms with Gasteiger partial charge in [-0.3, -0.25) is 39.0 Å². The van der Waals surface area contributed by atoms with Gasteiger partial charge in [-0.2, -0.15) is 0 Å².